The first-order chi connectivity index (χ1) is 27.7. The molecule has 0 aromatic heterocycles. The highest BCUT2D eigenvalue weighted by atomic mass is 16.5. The normalized spacial score (nSPS) is 16.4. The van der Waals surface area contributed by atoms with E-state index in [0.29, 0.717) is 26.4 Å². The maximum Gasteiger partial charge on any atom is 0.0725 e. The molecule has 13 rings (SSSR count). The Kier molecular flexibility index (Phi) is 6.15. The minimum absolute atomic E-state index is 0.419. The fraction of sp³-hybridized carbons (Fsp3) is 0.111. The molecule has 5 aliphatic rings. The molecule has 56 heavy (non-hydrogen) atoms. The Labute approximate surface area is 326 Å². The molecule has 2 heteroatoms. The van der Waals surface area contributed by atoms with Crippen LogP contribution in [0.3, 0.4) is 0 Å². The van der Waals surface area contributed by atoms with Crippen molar-refractivity contribution in [1.29, 1.82) is 0 Å². The molecule has 0 atom stereocenters. The van der Waals surface area contributed by atoms with Gasteiger partial charge in [-0.1, -0.05) is 170 Å². The molecule has 8 bridgehead atoms. The largest absolute Gasteiger partial charge is 0.372 e. The van der Waals surface area contributed by atoms with E-state index in [1.165, 1.54) is 111 Å². The van der Waals surface area contributed by atoms with Crippen LogP contribution in [0.2, 0.25) is 0 Å². The Hall–Kier alpha value is -6.32. The molecule has 0 radical (unpaired) electrons. The summed E-state index contributed by atoms with van der Waals surface area (Å²) in [7, 11) is 0. The van der Waals surface area contributed by atoms with Gasteiger partial charge in [-0.05, 0) is 111 Å². The molecule has 0 saturated heterocycles. The molecule has 8 aromatic carbocycles. The third-order valence-electron chi connectivity index (χ3n) is 13.5. The van der Waals surface area contributed by atoms with Crippen molar-refractivity contribution in [3.05, 3.63) is 237 Å². The second-order valence-corrected chi connectivity index (χ2v) is 16.2. The number of hydrogen-bond acceptors (Lipinski definition) is 2. The molecule has 1 heterocycles. The highest BCUT2D eigenvalue weighted by Crippen LogP contribution is 2.64. The monoisotopic (exact) mass is 716 g/mol. The first kappa shape index (κ1) is 30.9. The molecule has 2 spiro atoms. The molecule has 264 valence electrons. The van der Waals surface area contributed by atoms with Crippen LogP contribution < -0.4 is 0 Å². The average Bonchev–Trinajstić information content (AvgIpc) is 3.92. The lowest BCUT2D eigenvalue weighted by Gasteiger charge is -2.31. The Morgan fingerprint density at radius 1 is 0.250 bits per heavy atom. The summed E-state index contributed by atoms with van der Waals surface area (Å²) in [6.45, 7) is 2.11. The Bertz CT molecular complexity index is 2600. The molecule has 0 amide bonds. The summed E-state index contributed by atoms with van der Waals surface area (Å²) >= 11 is 0. The van der Waals surface area contributed by atoms with Crippen molar-refractivity contribution < 1.29 is 9.47 Å². The van der Waals surface area contributed by atoms with Gasteiger partial charge in [-0.2, -0.15) is 0 Å². The zero-order valence-corrected chi connectivity index (χ0v) is 30.8. The second kappa shape index (κ2) is 11.1. The molecular formula is C54H36O2. The first-order valence-electron chi connectivity index (χ1n) is 19.8. The Morgan fingerprint density at radius 2 is 0.482 bits per heavy atom. The first-order valence-corrected chi connectivity index (χ1v) is 19.8. The zero-order valence-electron chi connectivity index (χ0n) is 30.8. The van der Waals surface area contributed by atoms with Gasteiger partial charge in [0, 0.05) is 0 Å². The summed E-state index contributed by atoms with van der Waals surface area (Å²) in [5, 5.41) is 0. The van der Waals surface area contributed by atoms with E-state index in [4.69, 9.17) is 9.47 Å². The SMILES string of the molecule is c1ccc2c(c1)-c1ccc3cc1C21c2ccccc2-c2ccc(cc21)COCc1ccc2c(c1)C1(c4ccccc4-c4ccc(cc41)COC3)c1ccccc1-2. The zero-order chi connectivity index (χ0) is 36.6. The number of hydrogen-bond donors (Lipinski definition) is 0. The van der Waals surface area contributed by atoms with E-state index in [1.807, 2.05) is 0 Å². The standard InChI is InChI=1S/C54H36O2/c1-5-13-45-37(9-1)41-21-17-33-25-49(41)53(45)46-14-6-2-10-38(46)42-22-18-34(26-50(42)53)30-56-32-36-20-24-44-40-12-4-8-16-48(40)54(52(44)28-36)47-15-7-3-11-39(47)43-23-19-35(27-51(43)54)31-55-29-33/h1-28H,29-32H2. The number of ether oxygens (including phenoxy) is 2. The maximum atomic E-state index is 6.71. The summed E-state index contributed by atoms with van der Waals surface area (Å²) in [6.07, 6.45) is 0. The lowest BCUT2D eigenvalue weighted by atomic mass is 9.70. The minimum Gasteiger partial charge on any atom is -0.372 e. The lowest BCUT2D eigenvalue weighted by molar-refractivity contribution is 0.107. The van der Waals surface area contributed by atoms with E-state index in [1.54, 1.807) is 0 Å². The predicted molar refractivity (Wildman–Crippen MR) is 222 cm³/mol. The van der Waals surface area contributed by atoms with Crippen LogP contribution in [0, 0.1) is 0 Å². The van der Waals surface area contributed by atoms with Gasteiger partial charge in [-0.3, -0.25) is 0 Å². The van der Waals surface area contributed by atoms with Gasteiger partial charge in [0.05, 0.1) is 37.3 Å². The van der Waals surface area contributed by atoms with Crippen molar-refractivity contribution in [1.82, 2.24) is 0 Å². The van der Waals surface area contributed by atoms with E-state index in [-0.39, 0.29) is 0 Å². The fourth-order valence-corrected chi connectivity index (χ4v) is 11.4. The van der Waals surface area contributed by atoms with Gasteiger partial charge in [-0.15, -0.1) is 0 Å². The smallest absolute Gasteiger partial charge is 0.0725 e. The number of rotatable bonds is 0. The Balaban J connectivity index is 1.02. The van der Waals surface area contributed by atoms with Crippen molar-refractivity contribution in [2.75, 3.05) is 0 Å². The van der Waals surface area contributed by atoms with Gasteiger partial charge >= 0.3 is 0 Å². The van der Waals surface area contributed by atoms with Crippen LogP contribution in [0.1, 0.15) is 66.8 Å². The van der Waals surface area contributed by atoms with Crippen molar-refractivity contribution >= 4 is 0 Å². The van der Waals surface area contributed by atoms with E-state index < -0.39 is 10.8 Å². The fourth-order valence-electron chi connectivity index (χ4n) is 11.4. The summed E-state index contributed by atoms with van der Waals surface area (Å²) < 4.78 is 13.4. The molecule has 2 nitrogen and oxygen atoms in total. The maximum absolute atomic E-state index is 6.71. The number of benzene rings is 8. The van der Waals surface area contributed by atoms with Gasteiger partial charge < -0.3 is 9.47 Å². The van der Waals surface area contributed by atoms with E-state index in [9.17, 15) is 0 Å². The molecular weight excluding hydrogens is 681 g/mol. The van der Waals surface area contributed by atoms with Crippen molar-refractivity contribution in [3.63, 3.8) is 0 Å². The van der Waals surface area contributed by atoms with Gasteiger partial charge in [-0.25, -0.2) is 0 Å². The molecule has 8 aromatic rings. The molecule has 0 unspecified atom stereocenters. The van der Waals surface area contributed by atoms with Crippen molar-refractivity contribution in [2.24, 2.45) is 0 Å². The van der Waals surface area contributed by atoms with Crippen LogP contribution in [0.4, 0.5) is 0 Å². The summed E-state index contributed by atoms with van der Waals surface area (Å²) in [5.74, 6) is 0. The summed E-state index contributed by atoms with van der Waals surface area (Å²) in [6, 6.07) is 64.2. The molecule has 4 aliphatic carbocycles. The highest BCUT2D eigenvalue weighted by Gasteiger charge is 2.53. The third kappa shape index (κ3) is 3.78. The van der Waals surface area contributed by atoms with Crippen LogP contribution in [-0.2, 0) is 46.7 Å². The third-order valence-corrected chi connectivity index (χ3v) is 13.5. The average molecular weight is 717 g/mol. The minimum atomic E-state index is -0.419. The van der Waals surface area contributed by atoms with Crippen LogP contribution in [0.15, 0.2) is 170 Å². The van der Waals surface area contributed by atoms with Crippen LogP contribution in [-0.4, -0.2) is 0 Å². The van der Waals surface area contributed by atoms with Gasteiger partial charge in [0.25, 0.3) is 0 Å². The molecule has 0 saturated carbocycles. The van der Waals surface area contributed by atoms with Crippen LogP contribution >= 0.6 is 0 Å². The van der Waals surface area contributed by atoms with Crippen LogP contribution in [0.25, 0.3) is 44.5 Å². The van der Waals surface area contributed by atoms with E-state index in [0.717, 1.165) is 0 Å². The highest BCUT2D eigenvalue weighted by molar-refractivity contribution is 5.96. The molecule has 0 fully saturated rings. The van der Waals surface area contributed by atoms with Gasteiger partial charge in [0.2, 0.25) is 0 Å². The topological polar surface area (TPSA) is 18.5 Å². The molecule has 0 N–H and O–H groups in total. The van der Waals surface area contributed by atoms with E-state index in [2.05, 4.69) is 170 Å². The van der Waals surface area contributed by atoms with Gasteiger partial charge in [0.1, 0.15) is 0 Å². The van der Waals surface area contributed by atoms with Crippen LogP contribution in [0.5, 0.6) is 0 Å². The molecule has 1 aliphatic heterocycles. The summed E-state index contributed by atoms with van der Waals surface area (Å²) in [4.78, 5) is 0. The van der Waals surface area contributed by atoms with E-state index >= 15 is 0 Å². The van der Waals surface area contributed by atoms with Crippen molar-refractivity contribution in [2.45, 2.75) is 37.3 Å². The van der Waals surface area contributed by atoms with Crippen molar-refractivity contribution in [3.8, 4) is 44.5 Å². The quantitative estimate of drug-likeness (QED) is 0.156. The predicted octanol–water partition coefficient (Wildman–Crippen LogP) is 12.1. The Morgan fingerprint density at radius 3 is 0.750 bits per heavy atom. The second-order valence-electron chi connectivity index (χ2n) is 16.2. The van der Waals surface area contributed by atoms with Gasteiger partial charge in [0.15, 0.2) is 0 Å². The lowest BCUT2D eigenvalue weighted by Crippen LogP contribution is -2.26. The number of fused-ring (bicyclic) bond motifs is 12. The summed E-state index contributed by atoms with van der Waals surface area (Å²) in [5.41, 5.74) is 25.1.